The van der Waals surface area contributed by atoms with Crippen molar-refractivity contribution in [3.05, 3.63) is 53.0 Å². The number of fused-ring (bicyclic) bond motifs is 1. The van der Waals surface area contributed by atoms with Crippen LogP contribution in [0.2, 0.25) is 0 Å². The second-order valence-electron chi connectivity index (χ2n) is 6.23. The Morgan fingerprint density at radius 2 is 2.00 bits per heavy atom. The molecule has 0 aliphatic carbocycles. The smallest absolute Gasteiger partial charge is 0.265 e. The average molecular weight is 409 g/mol. The number of amides is 1. The molecule has 0 saturated carbocycles. The van der Waals surface area contributed by atoms with Crippen LogP contribution in [0.1, 0.15) is 28.7 Å². The van der Waals surface area contributed by atoms with Gasteiger partial charge in [0.1, 0.15) is 11.5 Å². The summed E-state index contributed by atoms with van der Waals surface area (Å²) in [5, 5.41) is 19.6. The largest absolute Gasteiger partial charge is 0.475 e. The van der Waals surface area contributed by atoms with Crippen LogP contribution in [0.25, 0.3) is 17.0 Å². The molecule has 0 saturated heterocycles. The molecule has 3 aromatic heterocycles. The van der Waals surface area contributed by atoms with E-state index in [-0.39, 0.29) is 12.5 Å². The maximum absolute atomic E-state index is 12.3. The molecule has 148 valence electrons. The Morgan fingerprint density at radius 1 is 1.14 bits per heavy atom. The molecule has 0 fully saturated rings. The fraction of sp³-hybridized carbons (Fsp3) is 0.263. The van der Waals surface area contributed by atoms with Crippen molar-refractivity contribution in [3.63, 3.8) is 0 Å². The Balaban J connectivity index is 1.37. The van der Waals surface area contributed by atoms with Crippen LogP contribution in [0, 0.1) is 0 Å². The van der Waals surface area contributed by atoms with Gasteiger partial charge >= 0.3 is 0 Å². The van der Waals surface area contributed by atoms with Crippen molar-refractivity contribution in [3.8, 4) is 17.3 Å². The molecule has 0 aliphatic rings. The molecule has 29 heavy (non-hydrogen) atoms. The van der Waals surface area contributed by atoms with Crippen LogP contribution >= 0.6 is 11.5 Å². The molecule has 4 rings (SSSR count). The van der Waals surface area contributed by atoms with Gasteiger partial charge < -0.3 is 10.1 Å². The topological polar surface area (TPSA) is 107 Å². The molecule has 0 unspecified atom stereocenters. The summed E-state index contributed by atoms with van der Waals surface area (Å²) in [5.41, 5.74) is 2.28. The molecular formula is C19H19N7O2S. The molecule has 1 N–H and O–H groups in total. The van der Waals surface area contributed by atoms with Gasteiger partial charge in [0, 0.05) is 11.6 Å². The summed E-state index contributed by atoms with van der Waals surface area (Å²) >= 11 is 1.11. The van der Waals surface area contributed by atoms with Crippen LogP contribution in [0.4, 0.5) is 0 Å². The van der Waals surface area contributed by atoms with Gasteiger partial charge in [-0.2, -0.15) is 4.52 Å². The number of rotatable bonds is 8. The van der Waals surface area contributed by atoms with Crippen LogP contribution in [0.15, 0.2) is 42.5 Å². The van der Waals surface area contributed by atoms with Crippen molar-refractivity contribution in [1.82, 2.24) is 34.7 Å². The maximum Gasteiger partial charge on any atom is 0.265 e. The SMILES string of the molecule is CCCc1nnsc1C(=O)NCCOc1ccc2nnc(-c3ccccc3)n2n1. The van der Waals surface area contributed by atoms with E-state index in [9.17, 15) is 4.79 Å². The van der Waals surface area contributed by atoms with Crippen LogP contribution in [-0.2, 0) is 6.42 Å². The van der Waals surface area contributed by atoms with E-state index < -0.39 is 0 Å². The number of nitrogens with zero attached hydrogens (tertiary/aromatic N) is 6. The number of hydrogen-bond acceptors (Lipinski definition) is 8. The first-order valence-electron chi connectivity index (χ1n) is 9.26. The molecule has 1 amide bonds. The van der Waals surface area contributed by atoms with E-state index >= 15 is 0 Å². The Bertz CT molecular complexity index is 1110. The monoisotopic (exact) mass is 409 g/mol. The first kappa shape index (κ1) is 18.9. The van der Waals surface area contributed by atoms with Crippen molar-refractivity contribution in [2.75, 3.05) is 13.2 Å². The van der Waals surface area contributed by atoms with E-state index in [2.05, 4.69) is 30.2 Å². The van der Waals surface area contributed by atoms with Crippen molar-refractivity contribution >= 4 is 23.1 Å². The third kappa shape index (κ3) is 4.21. The summed E-state index contributed by atoms with van der Waals surface area (Å²) in [6.07, 6.45) is 1.65. The number of carbonyl (C=O) groups is 1. The Labute approximate surface area is 170 Å². The first-order valence-corrected chi connectivity index (χ1v) is 10.0. The molecule has 0 radical (unpaired) electrons. The standard InChI is InChI=1S/C19H19N7O2S/c1-2-6-14-17(29-25-21-14)19(27)20-11-12-28-16-10-9-15-22-23-18(26(15)24-16)13-7-4-3-5-8-13/h3-5,7-10H,2,6,11-12H2,1H3,(H,20,27). The average Bonchev–Trinajstić information content (AvgIpc) is 3.39. The number of hydrogen-bond donors (Lipinski definition) is 1. The molecule has 3 heterocycles. The van der Waals surface area contributed by atoms with Crippen molar-refractivity contribution < 1.29 is 9.53 Å². The van der Waals surface area contributed by atoms with Gasteiger partial charge in [-0.25, -0.2) is 0 Å². The van der Waals surface area contributed by atoms with Crippen LogP contribution in [0.3, 0.4) is 0 Å². The van der Waals surface area contributed by atoms with Crippen LogP contribution in [0.5, 0.6) is 5.88 Å². The van der Waals surface area contributed by atoms with Crippen molar-refractivity contribution in [1.29, 1.82) is 0 Å². The molecule has 0 aliphatic heterocycles. The predicted molar refractivity (Wildman–Crippen MR) is 108 cm³/mol. The molecule has 9 nitrogen and oxygen atoms in total. The number of carbonyl (C=O) groups excluding carboxylic acids is 1. The van der Waals surface area contributed by atoms with Gasteiger partial charge in [-0.3, -0.25) is 4.79 Å². The van der Waals surface area contributed by atoms with E-state index in [1.165, 1.54) is 0 Å². The van der Waals surface area contributed by atoms with Gasteiger partial charge in [0.25, 0.3) is 5.91 Å². The number of aromatic nitrogens is 6. The van der Waals surface area contributed by atoms with Crippen molar-refractivity contribution in [2.24, 2.45) is 0 Å². The highest BCUT2D eigenvalue weighted by Gasteiger charge is 2.15. The van der Waals surface area contributed by atoms with E-state index in [4.69, 9.17) is 4.74 Å². The highest BCUT2D eigenvalue weighted by molar-refractivity contribution is 7.08. The first-order chi connectivity index (χ1) is 14.3. The summed E-state index contributed by atoms with van der Waals surface area (Å²) in [6, 6.07) is 13.2. The van der Waals surface area contributed by atoms with Gasteiger partial charge in [-0.1, -0.05) is 48.2 Å². The molecule has 10 heteroatoms. The summed E-state index contributed by atoms with van der Waals surface area (Å²) in [4.78, 5) is 12.8. The Kier molecular flexibility index (Phi) is 5.71. The zero-order valence-corrected chi connectivity index (χ0v) is 16.6. The summed E-state index contributed by atoms with van der Waals surface area (Å²) in [5.74, 6) is 0.885. The van der Waals surface area contributed by atoms with Crippen LogP contribution in [-0.4, -0.2) is 48.5 Å². The fourth-order valence-corrected chi connectivity index (χ4v) is 3.42. The minimum Gasteiger partial charge on any atom is -0.475 e. The minimum atomic E-state index is -0.180. The van der Waals surface area contributed by atoms with Gasteiger partial charge in [-0.15, -0.1) is 20.4 Å². The van der Waals surface area contributed by atoms with Gasteiger partial charge in [0.2, 0.25) is 5.88 Å². The number of aryl methyl sites for hydroxylation is 1. The van der Waals surface area contributed by atoms with E-state index in [0.29, 0.717) is 28.8 Å². The molecule has 0 atom stereocenters. The zero-order valence-electron chi connectivity index (χ0n) is 15.8. The zero-order chi connectivity index (χ0) is 20.1. The molecule has 4 aromatic rings. The lowest BCUT2D eigenvalue weighted by atomic mass is 10.2. The summed E-state index contributed by atoms with van der Waals surface area (Å²) in [6.45, 7) is 2.66. The normalized spacial score (nSPS) is 10.9. The minimum absolute atomic E-state index is 0.180. The van der Waals surface area contributed by atoms with E-state index in [1.54, 1.807) is 16.6 Å². The second-order valence-corrected chi connectivity index (χ2v) is 6.99. The number of ether oxygens (including phenoxy) is 1. The lowest BCUT2D eigenvalue weighted by Crippen LogP contribution is -2.28. The lowest BCUT2D eigenvalue weighted by molar-refractivity contribution is 0.0949. The van der Waals surface area contributed by atoms with Crippen LogP contribution < -0.4 is 10.1 Å². The molecule has 0 bridgehead atoms. The summed E-state index contributed by atoms with van der Waals surface area (Å²) in [7, 11) is 0. The molecule has 0 spiro atoms. The lowest BCUT2D eigenvalue weighted by Gasteiger charge is -2.07. The van der Waals surface area contributed by atoms with Gasteiger partial charge in [-0.05, 0) is 24.0 Å². The highest BCUT2D eigenvalue weighted by Crippen LogP contribution is 2.18. The number of benzene rings is 1. The fourth-order valence-electron chi connectivity index (χ4n) is 2.80. The second kappa shape index (κ2) is 8.74. The number of nitrogens with one attached hydrogen (secondary N) is 1. The Morgan fingerprint density at radius 3 is 2.83 bits per heavy atom. The van der Waals surface area contributed by atoms with Crippen molar-refractivity contribution in [2.45, 2.75) is 19.8 Å². The third-order valence-electron chi connectivity index (χ3n) is 4.16. The van der Waals surface area contributed by atoms with E-state index in [1.807, 2.05) is 37.3 Å². The maximum atomic E-state index is 12.3. The Hall–Kier alpha value is -3.40. The summed E-state index contributed by atoms with van der Waals surface area (Å²) < 4.78 is 11.2. The third-order valence-corrected chi connectivity index (χ3v) is 4.92. The highest BCUT2D eigenvalue weighted by atomic mass is 32.1. The molecule has 1 aromatic carbocycles. The van der Waals surface area contributed by atoms with Gasteiger partial charge in [0.15, 0.2) is 11.5 Å². The van der Waals surface area contributed by atoms with Gasteiger partial charge in [0.05, 0.1) is 12.2 Å². The molecular weight excluding hydrogens is 390 g/mol. The quantitative estimate of drug-likeness (QED) is 0.445. The predicted octanol–water partition coefficient (Wildman–Crippen LogP) is 2.40. The van der Waals surface area contributed by atoms with E-state index in [0.717, 1.165) is 35.6 Å².